The van der Waals surface area contributed by atoms with E-state index in [4.69, 9.17) is 31.3 Å². The summed E-state index contributed by atoms with van der Waals surface area (Å²) in [6.07, 6.45) is -3.37. The highest BCUT2D eigenvalue weighted by Crippen LogP contribution is 2.46. The Bertz CT molecular complexity index is 1270. The molecule has 0 bridgehead atoms. The van der Waals surface area contributed by atoms with Crippen molar-refractivity contribution in [2.24, 2.45) is 5.11 Å². The Morgan fingerprint density at radius 1 is 1.38 bits per heavy atom. The minimum atomic E-state index is -5.24. The number of aliphatic hydroxyl groups is 1. The van der Waals surface area contributed by atoms with E-state index < -0.39 is 40.5 Å². The topological polar surface area (TPSA) is 139 Å². The van der Waals surface area contributed by atoms with E-state index in [1.165, 1.54) is 25.3 Å². The summed E-state index contributed by atoms with van der Waals surface area (Å²) in [5.41, 5.74) is 3.43. The highest BCUT2D eigenvalue weighted by Gasteiger charge is 2.57. The van der Waals surface area contributed by atoms with Gasteiger partial charge in [-0.1, -0.05) is 23.6 Å². The van der Waals surface area contributed by atoms with Crippen LogP contribution in [0.3, 0.4) is 0 Å². The van der Waals surface area contributed by atoms with E-state index >= 15 is 0 Å². The molecule has 1 aliphatic carbocycles. The van der Waals surface area contributed by atoms with Crippen molar-refractivity contribution in [2.75, 3.05) is 26.8 Å². The van der Waals surface area contributed by atoms with Crippen LogP contribution >= 0.6 is 11.6 Å². The van der Waals surface area contributed by atoms with Gasteiger partial charge in [-0.3, -0.25) is 4.79 Å². The smallest absolute Gasteiger partial charge is 0.424 e. The van der Waals surface area contributed by atoms with Gasteiger partial charge < -0.3 is 24.6 Å². The van der Waals surface area contributed by atoms with E-state index in [2.05, 4.69) is 20.3 Å². The summed E-state index contributed by atoms with van der Waals surface area (Å²) in [5.74, 6) is -0.189. The molecule has 198 valence electrons. The van der Waals surface area contributed by atoms with Crippen LogP contribution in [0, 0.1) is 0 Å². The maximum Gasteiger partial charge on any atom is 0.424 e. The Morgan fingerprint density at radius 2 is 2.11 bits per heavy atom. The maximum atomic E-state index is 14.2. The molecule has 1 aromatic heterocycles. The average molecular weight is 542 g/mol. The lowest BCUT2D eigenvalue weighted by Gasteiger charge is -2.31. The van der Waals surface area contributed by atoms with E-state index in [1.54, 1.807) is 6.92 Å². The largest absolute Gasteiger partial charge is 0.493 e. The fourth-order valence-corrected chi connectivity index (χ4v) is 4.09. The summed E-state index contributed by atoms with van der Waals surface area (Å²) >= 11 is 6.11. The first-order valence-electron chi connectivity index (χ1n) is 11.2. The third kappa shape index (κ3) is 5.20. The number of nitrogens with zero attached hydrogens (tertiary/aromatic N) is 4. The Labute approximate surface area is 214 Å². The summed E-state index contributed by atoms with van der Waals surface area (Å²) in [6, 6.07) is 5.22. The predicted molar refractivity (Wildman–Crippen MR) is 125 cm³/mol. The molecule has 10 nitrogen and oxygen atoms in total. The second-order valence-corrected chi connectivity index (χ2v) is 9.49. The number of fused-ring (bicyclic) bond motifs is 1. The molecule has 2 N–H and O–H groups in total. The Balaban J connectivity index is 1.61. The first-order chi connectivity index (χ1) is 17.4. The van der Waals surface area contributed by atoms with Crippen LogP contribution < -0.4 is 19.5 Å². The first kappa shape index (κ1) is 26.6. The molecule has 14 heteroatoms. The molecular formula is C23H23ClF3N5O5. The first-order valence-corrected chi connectivity index (χ1v) is 11.6. The molecule has 2 aromatic rings. The SMILES string of the molecule is COc1cc(C(=O)NCC(O)(c2cc3c(c(Cl)n2)OCC3(C)CN=[N+]=[N-])C(F)(F)F)ccc1OC1CC1. The van der Waals surface area contributed by atoms with Gasteiger partial charge in [-0.15, -0.1) is 0 Å². The van der Waals surface area contributed by atoms with Gasteiger partial charge in [-0.2, -0.15) is 13.2 Å². The summed E-state index contributed by atoms with van der Waals surface area (Å²) in [6.45, 7) is 0.218. The number of ether oxygens (including phenoxy) is 3. The fourth-order valence-electron chi connectivity index (χ4n) is 3.85. The van der Waals surface area contributed by atoms with E-state index in [1.807, 2.05) is 0 Å². The summed E-state index contributed by atoms with van der Waals surface area (Å²) in [5, 5.41) is 16.1. The number of carbonyl (C=O) groups is 1. The molecule has 2 unspecified atom stereocenters. The van der Waals surface area contributed by atoms with Crippen LogP contribution in [0.4, 0.5) is 13.2 Å². The molecule has 0 spiro atoms. The Kier molecular flexibility index (Phi) is 7.06. The number of halogens is 4. The molecule has 2 heterocycles. The van der Waals surface area contributed by atoms with Crippen molar-refractivity contribution >= 4 is 17.5 Å². The van der Waals surface area contributed by atoms with Crippen molar-refractivity contribution in [3.05, 3.63) is 56.7 Å². The number of alkyl halides is 3. The fraction of sp³-hybridized carbons (Fsp3) is 0.478. The van der Waals surface area contributed by atoms with Crippen LogP contribution in [0.25, 0.3) is 10.4 Å². The molecule has 4 rings (SSSR count). The van der Waals surface area contributed by atoms with Gasteiger partial charge in [0.15, 0.2) is 22.4 Å². The van der Waals surface area contributed by atoms with Crippen molar-refractivity contribution in [1.29, 1.82) is 0 Å². The number of carbonyl (C=O) groups excluding carboxylic acids is 1. The van der Waals surface area contributed by atoms with Crippen molar-refractivity contribution < 1.29 is 37.3 Å². The van der Waals surface area contributed by atoms with Gasteiger partial charge in [0.1, 0.15) is 0 Å². The molecule has 2 aliphatic rings. The minimum absolute atomic E-state index is 0.000179. The summed E-state index contributed by atoms with van der Waals surface area (Å²) in [4.78, 5) is 19.2. The number of nitrogens with one attached hydrogen (secondary N) is 1. The monoisotopic (exact) mass is 541 g/mol. The molecule has 1 amide bonds. The number of benzene rings is 1. The lowest BCUT2D eigenvalue weighted by Crippen LogP contribution is -2.51. The molecular weight excluding hydrogens is 519 g/mol. The van der Waals surface area contributed by atoms with Crippen molar-refractivity contribution in [3.8, 4) is 17.2 Å². The van der Waals surface area contributed by atoms with Gasteiger partial charge in [0.25, 0.3) is 5.91 Å². The third-order valence-electron chi connectivity index (χ3n) is 6.24. The zero-order chi connectivity index (χ0) is 27.0. The van der Waals surface area contributed by atoms with Crippen molar-refractivity contribution in [3.63, 3.8) is 0 Å². The van der Waals surface area contributed by atoms with Crippen LogP contribution in [-0.4, -0.2) is 55.1 Å². The van der Waals surface area contributed by atoms with Crippen LogP contribution in [0.5, 0.6) is 17.2 Å². The van der Waals surface area contributed by atoms with Crippen LogP contribution in [0.1, 0.15) is 41.4 Å². The number of azide groups is 1. The molecule has 1 aliphatic heterocycles. The second kappa shape index (κ2) is 9.81. The Hall–Kier alpha value is -3.41. The molecule has 37 heavy (non-hydrogen) atoms. The van der Waals surface area contributed by atoms with E-state index in [0.29, 0.717) is 5.75 Å². The number of methoxy groups -OCH3 is 1. The Morgan fingerprint density at radius 3 is 2.73 bits per heavy atom. The van der Waals surface area contributed by atoms with Gasteiger partial charge in [0.2, 0.25) is 5.60 Å². The quantitative estimate of drug-likeness (QED) is 0.208. The van der Waals surface area contributed by atoms with Gasteiger partial charge in [-0.05, 0) is 42.6 Å². The number of rotatable bonds is 9. The zero-order valence-electron chi connectivity index (χ0n) is 19.8. The molecule has 1 fully saturated rings. The number of amides is 1. The van der Waals surface area contributed by atoms with Crippen LogP contribution in [0.15, 0.2) is 29.4 Å². The molecule has 2 atom stereocenters. The highest BCUT2D eigenvalue weighted by molar-refractivity contribution is 6.31. The van der Waals surface area contributed by atoms with E-state index in [9.17, 15) is 23.1 Å². The van der Waals surface area contributed by atoms with E-state index in [-0.39, 0.29) is 41.9 Å². The standard InChI is InChI=1S/C23H23ClF3N5O5/c1-21(9-30-32-28)11-36-18-14(21)8-17(31-19(18)24)22(34,23(25,26)27)10-29-20(33)12-3-6-15(16(7-12)35-2)37-13-4-5-13/h3,6-8,13,34H,4-5,9-11H2,1-2H3,(H,29,33). The van der Waals surface area contributed by atoms with Crippen molar-refractivity contribution in [1.82, 2.24) is 10.3 Å². The van der Waals surface area contributed by atoms with Crippen LogP contribution in [-0.2, 0) is 11.0 Å². The van der Waals surface area contributed by atoms with Crippen LogP contribution in [0.2, 0.25) is 5.15 Å². The maximum absolute atomic E-state index is 14.2. The molecule has 1 aromatic carbocycles. The highest BCUT2D eigenvalue weighted by atomic mass is 35.5. The van der Waals surface area contributed by atoms with Gasteiger partial charge in [0.05, 0.1) is 32.1 Å². The average Bonchev–Trinajstić information content (AvgIpc) is 3.61. The minimum Gasteiger partial charge on any atom is -0.493 e. The molecule has 0 saturated heterocycles. The summed E-state index contributed by atoms with van der Waals surface area (Å²) < 4.78 is 59.0. The number of hydrogen-bond donors (Lipinski definition) is 2. The van der Waals surface area contributed by atoms with Gasteiger partial charge in [-0.25, -0.2) is 4.98 Å². The number of aromatic nitrogens is 1. The second-order valence-electron chi connectivity index (χ2n) is 9.14. The lowest BCUT2D eigenvalue weighted by atomic mass is 9.83. The number of pyridine rings is 1. The zero-order valence-corrected chi connectivity index (χ0v) is 20.6. The molecule has 1 saturated carbocycles. The number of hydrogen-bond acceptors (Lipinski definition) is 7. The third-order valence-corrected chi connectivity index (χ3v) is 6.50. The normalized spacial score (nSPS) is 20.2. The van der Waals surface area contributed by atoms with Gasteiger partial charge >= 0.3 is 6.18 Å². The molecule has 0 radical (unpaired) electrons. The van der Waals surface area contributed by atoms with Gasteiger partial charge in [0, 0.05) is 28.0 Å². The van der Waals surface area contributed by atoms with E-state index in [0.717, 1.165) is 18.9 Å². The lowest BCUT2D eigenvalue weighted by molar-refractivity contribution is -0.265. The van der Waals surface area contributed by atoms with Crippen molar-refractivity contribution in [2.45, 2.75) is 43.1 Å². The summed E-state index contributed by atoms with van der Waals surface area (Å²) in [7, 11) is 1.38. The predicted octanol–water partition coefficient (Wildman–Crippen LogP) is 4.43.